The van der Waals surface area contributed by atoms with Crippen LogP contribution in [0.2, 0.25) is 0 Å². The molecular weight excluding hydrogens is 535 g/mol. The molecule has 1 fully saturated rings. The molecule has 0 spiro atoms. The van der Waals surface area contributed by atoms with Crippen molar-refractivity contribution in [3.8, 4) is 29.0 Å². The Hall–Kier alpha value is -4.64. The molecule has 0 amide bonds. The average molecular weight is 554 g/mol. The lowest BCUT2D eigenvalue weighted by atomic mass is 10.1. The van der Waals surface area contributed by atoms with Crippen LogP contribution in [0.4, 0.5) is 18.9 Å². The zero-order valence-corrected chi connectivity index (χ0v) is 21.0. The number of pyridine rings is 3. The number of hydrogen-bond donors (Lipinski definition) is 1. The topological polar surface area (TPSA) is 144 Å². The summed E-state index contributed by atoms with van der Waals surface area (Å²) in [4.78, 5) is 19.1. The van der Waals surface area contributed by atoms with Gasteiger partial charge in [-0.1, -0.05) is 0 Å². The molecule has 4 aromatic rings. The number of nitrogens with one attached hydrogen (secondary N) is 1. The number of rotatable bonds is 7. The highest BCUT2D eigenvalue weighted by Crippen LogP contribution is 2.46. The van der Waals surface area contributed by atoms with Gasteiger partial charge in [-0.3, -0.25) is 14.7 Å². The lowest BCUT2D eigenvalue weighted by Crippen LogP contribution is -2.16. The second kappa shape index (κ2) is 9.91. The summed E-state index contributed by atoms with van der Waals surface area (Å²) in [6.07, 6.45) is 1.97. The summed E-state index contributed by atoms with van der Waals surface area (Å²) in [6.45, 7) is 1.32. The first kappa shape index (κ1) is 26.0. The van der Waals surface area contributed by atoms with Crippen molar-refractivity contribution in [2.24, 2.45) is 0 Å². The molecular formula is C25H18F3N7O3S. The molecule has 1 aliphatic rings. The highest BCUT2D eigenvalue weighted by atomic mass is 32.2. The van der Waals surface area contributed by atoms with Crippen LogP contribution in [0.5, 0.6) is 11.6 Å². The van der Waals surface area contributed by atoms with Crippen molar-refractivity contribution in [2.45, 2.75) is 36.8 Å². The van der Waals surface area contributed by atoms with E-state index in [1.54, 1.807) is 0 Å². The van der Waals surface area contributed by atoms with Crippen molar-refractivity contribution in [1.29, 1.82) is 5.26 Å². The van der Waals surface area contributed by atoms with Gasteiger partial charge >= 0.3 is 6.18 Å². The van der Waals surface area contributed by atoms with Crippen LogP contribution in [-0.2, 0) is 16.2 Å². The van der Waals surface area contributed by atoms with E-state index in [4.69, 9.17) is 4.74 Å². The molecule has 1 saturated carbocycles. The molecule has 4 heterocycles. The number of alkyl halides is 3. The fraction of sp³-hybridized carbons (Fsp3) is 0.200. The number of sulfonamides is 1. The molecule has 39 heavy (non-hydrogen) atoms. The number of anilines is 1. The molecule has 0 bridgehead atoms. The summed E-state index contributed by atoms with van der Waals surface area (Å²) in [6, 6.07) is 9.14. The van der Waals surface area contributed by atoms with E-state index in [0.29, 0.717) is 18.4 Å². The van der Waals surface area contributed by atoms with Crippen LogP contribution in [-0.4, -0.2) is 33.3 Å². The van der Waals surface area contributed by atoms with Crippen molar-refractivity contribution in [3.05, 3.63) is 77.9 Å². The van der Waals surface area contributed by atoms with Crippen LogP contribution >= 0.6 is 0 Å². The largest absolute Gasteiger partial charge is 0.451 e. The van der Waals surface area contributed by atoms with Crippen molar-refractivity contribution >= 4 is 15.7 Å². The van der Waals surface area contributed by atoms with Crippen molar-refractivity contribution in [1.82, 2.24) is 24.9 Å². The molecule has 4 aromatic heterocycles. The van der Waals surface area contributed by atoms with Crippen LogP contribution in [0.3, 0.4) is 0 Å². The third-order valence-electron chi connectivity index (χ3n) is 5.67. The second-order valence-electron chi connectivity index (χ2n) is 8.64. The third-order valence-corrected chi connectivity index (χ3v) is 7.06. The van der Waals surface area contributed by atoms with E-state index in [9.17, 15) is 26.9 Å². The summed E-state index contributed by atoms with van der Waals surface area (Å²) in [5, 5.41) is 9.23. The van der Waals surface area contributed by atoms with E-state index in [1.165, 1.54) is 62.0 Å². The van der Waals surface area contributed by atoms with Gasteiger partial charge in [0.2, 0.25) is 11.7 Å². The Bertz CT molecular complexity index is 1700. The SMILES string of the molecule is Cc1nc(C(F)(F)F)nc(C2CC2)c1Oc1nc(-c2cncc(C#N)c2)ccc1S(=O)(=O)Nc1cccnc1. The fourth-order valence-corrected chi connectivity index (χ4v) is 4.81. The maximum absolute atomic E-state index is 13.4. The summed E-state index contributed by atoms with van der Waals surface area (Å²) < 4.78 is 75.3. The van der Waals surface area contributed by atoms with E-state index >= 15 is 0 Å². The Kier molecular flexibility index (Phi) is 6.61. The van der Waals surface area contributed by atoms with Gasteiger partial charge in [0.05, 0.1) is 34.5 Å². The number of halogens is 3. The molecule has 0 saturated heterocycles. The van der Waals surface area contributed by atoms with Crippen molar-refractivity contribution in [3.63, 3.8) is 0 Å². The van der Waals surface area contributed by atoms with Gasteiger partial charge in [0.25, 0.3) is 10.0 Å². The zero-order valence-electron chi connectivity index (χ0n) is 20.1. The van der Waals surface area contributed by atoms with Gasteiger partial charge in [0.1, 0.15) is 11.0 Å². The van der Waals surface area contributed by atoms with E-state index in [-0.39, 0.29) is 44.9 Å². The van der Waals surface area contributed by atoms with Crippen molar-refractivity contribution < 1.29 is 26.3 Å². The van der Waals surface area contributed by atoms with Gasteiger partial charge in [0.15, 0.2) is 5.75 Å². The Balaban J connectivity index is 1.65. The first-order chi connectivity index (χ1) is 18.5. The monoisotopic (exact) mass is 553 g/mol. The zero-order chi connectivity index (χ0) is 27.8. The minimum absolute atomic E-state index is 0.0266. The van der Waals surface area contributed by atoms with E-state index in [1.807, 2.05) is 6.07 Å². The first-order valence-corrected chi connectivity index (χ1v) is 13.0. The summed E-state index contributed by atoms with van der Waals surface area (Å²) in [5.74, 6) is -2.12. The summed E-state index contributed by atoms with van der Waals surface area (Å²) in [7, 11) is -4.30. The highest BCUT2D eigenvalue weighted by molar-refractivity contribution is 7.92. The molecule has 1 N–H and O–H groups in total. The Morgan fingerprint density at radius 1 is 1.08 bits per heavy atom. The Morgan fingerprint density at radius 2 is 1.87 bits per heavy atom. The lowest BCUT2D eigenvalue weighted by molar-refractivity contribution is -0.145. The number of ether oxygens (including phenoxy) is 1. The standard InChI is InChI=1S/C25H18F3N7O3S/c1-14-22(21(16-4-5-16)34-24(32-14)25(26,27)28)38-23-20(39(36,37)35-18-3-2-8-30-13-18)7-6-19(33-23)17-9-15(10-29)11-31-12-17/h2-3,6-9,11-13,16,35H,4-5H2,1H3. The van der Waals surface area contributed by atoms with E-state index < -0.39 is 27.9 Å². The highest BCUT2D eigenvalue weighted by Gasteiger charge is 2.39. The van der Waals surface area contributed by atoms with Gasteiger partial charge in [0, 0.05) is 30.1 Å². The molecule has 198 valence electrons. The van der Waals surface area contributed by atoms with E-state index in [0.717, 1.165) is 0 Å². The number of nitriles is 1. The molecule has 5 rings (SSSR count). The average Bonchev–Trinajstić information content (AvgIpc) is 3.75. The van der Waals surface area contributed by atoms with Crippen LogP contribution < -0.4 is 9.46 Å². The van der Waals surface area contributed by atoms with Gasteiger partial charge in [-0.25, -0.2) is 23.4 Å². The molecule has 1 aliphatic carbocycles. The van der Waals surface area contributed by atoms with Crippen molar-refractivity contribution in [2.75, 3.05) is 4.72 Å². The predicted molar refractivity (Wildman–Crippen MR) is 131 cm³/mol. The lowest BCUT2D eigenvalue weighted by Gasteiger charge is -2.17. The minimum Gasteiger partial charge on any atom is -0.434 e. The van der Waals surface area contributed by atoms with Crippen LogP contribution in [0.15, 0.2) is 60.0 Å². The Morgan fingerprint density at radius 3 is 2.54 bits per heavy atom. The van der Waals surface area contributed by atoms with Gasteiger partial charge in [-0.15, -0.1) is 0 Å². The summed E-state index contributed by atoms with van der Waals surface area (Å²) >= 11 is 0. The van der Waals surface area contributed by atoms with Crippen LogP contribution in [0.1, 0.15) is 41.5 Å². The minimum atomic E-state index is -4.77. The number of aromatic nitrogens is 5. The fourth-order valence-electron chi connectivity index (χ4n) is 3.71. The molecule has 0 radical (unpaired) electrons. The van der Waals surface area contributed by atoms with Crippen LogP contribution in [0.25, 0.3) is 11.3 Å². The number of hydrogen-bond acceptors (Lipinski definition) is 9. The number of aryl methyl sites for hydroxylation is 1. The predicted octanol–water partition coefficient (Wildman–Crippen LogP) is 5.00. The third kappa shape index (κ3) is 5.63. The maximum atomic E-state index is 13.4. The smallest absolute Gasteiger partial charge is 0.434 e. The molecule has 0 atom stereocenters. The normalized spacial score (nSPS) is 13.5. The molecule has 0 unspecified atom stereocenters. The molecule has 10 nitrogen and oxygen atoms in total. The Labute approximate surface area is 220 Å². The second-order valence-corrected chi connectivity index (χ2v) is 10.3. The van der Waals surface area contributed by atoms with Crippen LogP contribution in [0, 0.1) is 18.3 Å². The first-order valence-electron chi connectivity index (χ1n) is 11.5. The van der Waals surface area contributed by atoms with Gasteiger partial charge in [-0.2, -0.15) is 18.4 Å². The molecule has 0 aliphatic heterocycles. The van der Waals surface area contributed by atoms with Gasteiger partial charge < -0.3 is 4.74 Å². The molecule has 0 aromatic carbocycles. The molecule has 14 heteroatoms. The summed E-state index contributed by atoms with van der Waals surface area (Å²) in [5.41, 5.74) is 0.932. The van der Waals surface area contributed by atoms with Gasteiger partial charge in [-0.05, 0) is 50.1 Å². The van der Waals surface area contributed by atoms with E-state index in [2.05, 4.69) is 29.6 Å². The number of nitrogens with zero attached hydrogens (tertiary/aromatic N) is 6. The quantitative estimate of drug-likeness (QED) is 0.334. The maximum Gasteiger partial charge on any atom is 0.451 e.